The molecule has 8 nitrogen and oxygen atoms in total. The number of aromatic nitrogens is 2. The number of thiophene rings is 1. The molecule has 3 saturated heterocycles. The van der Waals surface area contributed by atoms with Crippen LogP contribution in [0.5, 0.6) is 0 Å². The van der Waals surface area contributed by atoms with E-state index >= 15 is 0 Å². The molecule has 142 valence electrons. The molecule has 3 N–H and O–H groups in total. The largest absolute Gasteiger partial charge is 0.349 e. The molecule has 3 fully saturated rings. The number of fused-ring (bicyclic) bond motifs is 4. The Labute approximate surface area is 169 Å². The minimum atomic E-state index is -0.165. The summed E-state index contributed by atoms with van der Waals surface area (Å²) in [5.41, 5.74) is 5.14. The Kier molecular flexibility index (Phi) is 4.30. The molecule has 0 aliphatic carbocycles. The monoisotopic (exact) mass is 449 g/mol. The Morgan fingerprint density at radius 2 is 2.33 bits per heavy atom. The van der Waals surface area contributed by atoms with Gasteiger partial charge in [-0.15, -0.1) is 11.3 Å². The SMILES string of the molecule is CN1C=C(NC(=O)c2csc3ncc(N4CC5CC[C@H]4CN5)nc23)C(Br)N1. The van der Waals surface area contributed by atoms with Crippen molar-refractivity contribution in [2.75, 3.05) is 25.0 Å². The highest BCUT2D eigenvalue weighted by Crippen LogP contribution is 2.30. The lowest BCUT2D eigenvalue weighted by Crippen LogP contribution is -2.61. The van der Waals surface area contributed by atoms with Crippen LogP contribution in [0.4, 0.5) is 5.82 Å². The van der Waals surface area contributed by atoms with Crippen LogP contribution in [0.2, 0.25) is 0 Å². The van der Waals surface area contributed by atoms with Gasteiger partial charge in [-0.05, 0) is 12.8 Å². The number of anilines is 1. The van der Waals surface area contributed by atoms with E-state index in [9.17, 15) is 4.79 Å². The highest BCUT2D eigenvalue weighted by molar-refractivity contribution is 9.09. The van der Waals surface area contributed by atoms with Crippen molar-refractivity contribution < 1.29 is 4.79 Å². The third-order valence-corrected chi connectivity index (χ3v) is 6.91. The number of nitrogens with one attached hydrogen (secondary N) is 3. The third-order valence-electron chi connectivity index (χ3n) is 5.34. The Hall–Kier alpha value is -1.75. The number of alkyl halides is 1. The van der Waals surface area contributed by atoms with E-state index in [0.29, 0.717) is 23.2 Å². The zero-order valence-electron chi connectivity index (χ0n) is 14.8. The molecule has 27 heavy (non-hydrogen) atoms. The molecule has 6 heterocycles. The fourth-order valence-corrected chi connectivity index (χ4v) is 5.33. The highest BCUT2D eigenvalue weighted by atomic mass is 79.9. The molecule has 10 heteroatoms. The lowest BCUT2D eigenvalue weighted by Gasteiger charge is -2.46. The summed E-state index contributed by atoms with van der Waals surface area (Å²) >= 11 is 4.94. The van der Waals surface area contributed by atoms with Crippen LogP contribution in [-0.2, 0) is 0 Å². The van der Waals surface area contributed by atoms with Gasteiger partial charge >= 0.3 is 0 Å². The van der Waals surface area contributed by atoms with Gasteiger partial charge in [0.15, 0.2) is 0 Å². The van der Waals surface area contributed by atoms with Gasteiger partial charge in [0, 0.05) is 43.8 Å². The first-order valence-electron chi connectivity index (χ1n) is 8.99. The first kappa shape index (κ1) is 17.4. The summed E-state index contributed by atoms with van der Waals surface area (Å²) in [6.07, 6.45) is 6.08. The average molecular weight is 450 g/mol. The summed E-state index contributed by atoms with van der Waals surface area (Å²) in [5, 5.41) is 10.2. The molecule has 0 saturated carbocycles. The summed E-state index contributed by atoms with van der Waals surface area (Å²) in [4.78, 5) is 25.3. The molecular weight excluding hydrogens is 430 g/mol. The number of amides is 1. The fraction of sp³-hybridized carbons (Fsp3) is 0.471. The second-order valence-corrected chi connectivity index (χ2v) is 8.93. The second kappa shape index (κ2) is 6.69. The van der Waals surface area contributed by atoms with E-state index in [1.165, 1.54) is 24.2 Å². The molecule has 2 unspecified atom stereocenters. The fourth-order valence-electron chi connectivity index (χ4n) is 3.94. The quantitative estimate of drug-likeness (QED) is 0.481. The molecule has 3 atom stereocenters. The first-order chi connectivity index (χ1) is 13.1. The molecular formula is C17H20BrN7OS. The van der Waals surface area contributed by atoms with Crippen molar-refractivity contribution >= 4 is 49.3 Å². The van der Waals surface area contributed by atoms with E-state index < -0.39 is 0 Å². The number of nitrogens with zero attached hydrogens (tertiary/aromatic N) is 4. The lowest BCUT2D eigenvalue weighted by atomic mass is 9.93. The van der Waals surface area contributed by atoms with E-state index in [-0.39, 0.29) is 10.9 Å². The standard InChI is InChI=1S/C17H20BrN7OS/c1-24-7-12(15(18)23-24)21-16(26)11-8-27-17-14(11)22-13(5-20-17)25-6-9-2-3-10(25)4-19-9/h5,7-10,15,19,23H,2-4,6H2,1H3,(H,21,26)/t9?,10-,15?/m0/s1. The molecule has 0 aromatic carbocycles. The van der Waals surface area contributed by atoms with Crippen LogP contribution >= 0.6 is 27.3 Å². The highest BCUT2D eigenvalue weighted by Gasteiger charge is 2.34. The maximum atomic E-state index is 12.8. The zero-order chi connectivity index (χ0) is 18.5. The van der Waals surface area contributed by atoms with E-state index in [2.05, 4.69) is 41.9 Å². The van der Waals surface area contributed by atoms with E-state index in [0.717, 1.165) is 29.4 Å². The van der Waals surface area contributed by atoms with Crippen LogP contribution in [0.3, 0.4) is 0 Å². The normalized spacial score (nSPS) is 27.3. The minimum Gasteiger partial charge on any atom is -0.349 e. The number of hydrogen-bond acceptors (Lipinski definition) is 8. The van der Waals surface area contributed by atoms with Gasteiger partial charge < -0.3 is 20.5 Å². The third kappa shape index (κ3) is 3.10. The first-order valence-corrected chi connectivity index (χ1v) is 10.8. The number of rotatable bonds is 3. The number of carbonyl (C=O) groups excluding carboxylic acids is 1. The molecule has 2 aromatic rings. The molecule has 1 amide bonds. The number of piperidine rings is 2. The van der Waals surface area contributed by atoms with Crippen LogP contribution < -0.4 is 21.0 Å². The molecule has 6 rings (SSSR count). The topological polar surface area (TPSA) is 85.4 Å². The smallest absolute Gasteiger partial charge is 0.258 e. The van der Waals surface area contributed by atoms with Gasteiger partial charge in [0.05, 0.1) is 17.5 Å². The number of hydrogen-bond donors (Lipinski definition) is 3. The molecule has 0 spiro atoms. The van der Waals surface area contributed by atoms with Crippen molar-refractivity contribution in [3.8, 4) is 0 Å². The van der Waals surface area contributed by atoms with Crippen LogP contribution in [0.1, 0.15) is 23.2 Å². The summed E-state index contributed by atoms with van der Waals surface area (Å²) in [5.74, 6) is 0.702. The van der Waals surface area contributed by atoms with Gasteiger partial charge in [0.25, 0.3) is 5.91 Å². The molecule has 0 radical (unpaired) electrons. The van der Waals surface area contributed by atoms with Gasteiger partial charge in [-0.2, -0.15) is 0 Å². The van der Waals surface area contributed by atoms with Crippen molar-refractivity contribution in [3.05, 3.63) is 29.0 Å². The van der Waals surface area contributed by atoms with Gasteiger partial charge in [0.1, 0.15) is 21.1 Å². The lowest BCUT2D eigenvalue weighted by molar-refractivity contribution is 0.0967. The second-order valence-electron chi connectivity index (χ2n) is 7.16. The molecule has 2 aromatic heterocycles. The summed E-state index contributed by atoms with van der Waals surface area (Å²) in [6, 6.07) is 0.976. The van der Waals surface area contributed by atoms with Crippen molar-refractivity contribution in [1.82, 2.24) is 31.0 Å². The van der Waals surface area contributed by atoms with Crippen molar-refractivity contribution in [3.63, 3.8) is 0 Å². The zero-order valence-corrected chi connectivity index (χ0v) is 17.2. The molecule has 4 aliphatic heterocycles. The number of halogens is 1. The summed E-state index contributed by atoms with van der Waals surface area (Å²) in [7, 11) is 1.88. The van der Waals surface area contributed by atoms with E-state index in [4.69, 9.17) is 4.98 Å². The number of hydrazine groups is 1. The maximum Gasteiger partial charge on any atom is 0.258 e. The van der Waals surface area contributed by atoms with Gasteiger partial charge in [-0.1, -0.05) is 15.9 Å². The summed E-state index contributed by atoms with van der Waals surface area (Å²) < 4.78 is 0. The van der Waals surface area contributed by atoms with Crippen molar-refractivity contribution in [1.29, 1.82) is 0 Å². The maximum absolute atomic E-state index is 12.8. The molecule has 2 bridgehead atoms. The number of carbonyl (C=O) groups is 1. The van der Waals surface area contributed by atoms with Crippen LogP contribution in [0.15, 0.2) is 23.5 Å². The number of piperazine rings is 1. The minimum absolute atomic E-state index is 0.116. The van der Waals surface area contributed by atoms with Crippen LogP contribution in [0, 0.1) is 0 Å². The molecule has 4 aliphatic rings. The van der Waals surface area contributed by atoms with Gasteiger partial charge in [0.2, 0.25) is 0 Å². The van der Waals surface area contributed by atoms with Crippen molar-refractivity contribution in [2.24, 2.45) is 0 Å². The summed E-state index contributed by atoms with van der Waals surface area (Å²) in [6.45, 7) is 1.94. The predicted molar refractivity (Wildman–Crippen MR) is 109 cm³/mol. The van der Waals surface area contributed by atoms with Crippen molar-refractivity contribution in [2.45, 2.75) is 29.9 Å². The van der Waals surface area contributed by atoms with E-state index in [1.54, 1.807) is 5.01 Å². The average Bonchev–Trinajstić information content (AvgIpc) is 3.24. The van der Waals surface area contributed by atoms with Gasteiger partial charge in [-0.25, -0.2) is 15.4 Å². The van der Waals surface area contributed by atoms with Crippen LogP contribution in [0.25, 0.3) is 10.3 Å². The Morgan fingerprint density at radius 1 is 1.44 bits per heavy atom. The Morgan fingerprint density at radius 3 is 3.00 bits per heavy atom. The van der Waals surface area contributed by atoms with E-state index in [1.807, 2.05) is 24.8 Å². The van der Waals surface area contributed by atoms with Crippen LogP contribution in [-0.4, -0.2) is 58.1 Å². The predicted octanol–water partition coefficient (Wildman–Crippen LogP) is 1.37. The van der Waals surface area contributed by atoms with Gasteiger partial charge in [-0.3, -0.25) is 4.79 Å². The Bertz CT molecular complexity index is 923. The Balaban J connectivity index is 1.43.